The van der Waals surface area contributed by atoms with Crippen molar-refractivity contribution in [2.24, 2.45) is 5.10 Å². The van der Waals surface area contributed by atoms with Gasteiger partial charge in [-0.2, -0.15) is 5.10 Å². The van der Waals surface area contributed by atoms with Gasteiger partial charge in [0.2, 0.25) is 0 Å². The molecule has 29 heavy (non-hydrogen) atoms. The monoisotopic (exact) mass is 420 g/mol. The highest BCUT2D eigenvalue weighted by Crippen LogP contribution is 2.21. The number of thiophene rings is 1. The number of rotatable bonds is 6. The smallest absolute Gasteiger partial charge is 0.266 e. The van der Waals surface area contributed by atoms with Crippen LogP contribution in [0.3, 0.4) is 0 Å². The summed E-state index contributed by atoms with van der Waals surface area (Å²) in [5, 5.41) is 6.88. The zero-order valence-electron chi connectivity index (χ0n) is 15.2. The zero-order valence-corrected chi connectivity index (χ0v) is 16.8. The van der Waals surface area contributed by atoms with Crippen LogP contribution in [0.2, 0.25) is 0 Å². The van der Waals surface area contributed by atoms with Gasteiger partial charge < -0.3 is 0 Å². The van der Waals surface area contributed by atoms with E-state index >= 15 is 0 Å². The number of hydrogen-bond acceptors (Lipinski definition) is 6. The SMILES string of the molecule is O=C(CSc1nc2ccccc2c(=O)n1-c1ccccc1)N/N=C/c1cccs1. The molecule has 0 bridgehead atoms. The maximum absolute atomic E-state index is 13.1. The summed E-state index contributed by atoms with van der Waals surface area (Å²) < 4.78 is 1.54. The standard InChI is InChI=1S/C21H16N4O2S2/c26-19(24-22-13-16-9-6-12-28-16)14-29-21-23-18-11-5-4-10-17(18)20(27)25(21)15-7-2-1-3-8-15/h1-13H,14H2,(H,24,26)/b22-13+. The van der Waals surface area contributed by atoms with Crippen molar-refractivity contribution >= 4 is 46.1 Å². The van der Waals surface area contributed by atoms with Gasteiger partial charge >= 0.3 is 0 Å². The first-order valence-corrected chi connectivity index (χ1v) is 10.6. The van der Waals surface area contributed by atoms with Crippen LogP contribution in [0.1, 0.15) is 4.88 Å². The summed E-state index contributed by atoms with van der Waals surface area (Å²) >= 11 is 2.73. The fraction of sp³-hybridized carbons (Fsp3) is 0.0476. The molecule has 0 aliphatic carbocycles. The molecular formula is C21H16N4O2S2. The molecule has 0 spiro atoms. The van der Waals surface area contributed by atoms with E-state index in [0.29, 0.717) is 21.7 Å². The summed E-state index contributed by atoms with van der Waals surface area (Å²) in [6.07, 6.45) is 1.60. The minimum absolute atomic E-state index is 0.0827. The van der Waals surface area contributed by atoms with Crippen LogP contribution >= 0.6 is 23.1 Å². The maximum atomic E-state index is 13.1. The summed E-state index contributed by atoms with van der Waals surface area (Å²) in [6, 6.07) is 20.3. The fourth-order valence-corrected chi connectivity index (χ4v) is 4.10. The first-order valence-electron chi connectivity index (χ1n) is 8.78. The highest BCUT2D eigenvalue weighted by atomic mass is 32.2. The molecule has 2 aromatic carbocycles. The molecule has 0 aliphatic heterocycles. The average Bonchev–Trinajstić information content (AvgIpc) is 3.26. The molecule has 0 saturated carbocycles. The predicted molar refractivity (Wildman–Crippen MR) is 118 cm³/mol. The summed E-state index contributed by atoms with van der Waals surface area (Å²) in [6.45, 7) is 0. The lowest BCUT2D eigenvalue weighted by atomic mass is 10.2. The largest absolute Gasteiger partial charge is 0.272 e. The van der Waals surface area contributed by atoms with Crippen LogP contribution in [0, 0.1) is 0 Å². The molecular weight excluding hydrogens is 404 g/mol. The molecule has 0 unspecified atom stereocenters. The Hall–Kier alpha value is -3.23. The molecule has 0 fully saturated rings. The van der Waals surface area contributed by atoms with Crippen molar-refractivity contribution in [3.8, 4) is 5.69 Å². The number of amides is 1. The van der Waals surface area contributed by atoms with E-state index < -0.39 is 0 Å². The number of carbonyl (C=O) groups is 1. The number of nitrogens with one attached hydrogen (secondary N) is 1. The fourth-order valence-electron chi connectivity index (χ4n) is 2.71. The van der Waals surface area contributed by atoms with E-state index in [2.05, 4.69) is 15.5 Å². The first-order chi connectivity index (χ1) is 14.2. The van der Waals surface area contributed by atoms with Crippen molar-refractivity contribution in [1.29, 1.82) is 0 Å². The number of hydrogen-bond donors (Lipinski definition) is 1. The van der Waals surface area contributed by atoms with Crippen molar-refractivity contribution < 1.29 is 4.79 Å². The minimum Gasteiger partial charge on any atom is -0.272 e. The van der Waals surface area contributed by atoms with Crippen molar-refractivity contribution in [2.45, 2.75) is 5.16 Å². The molecule has 0 aliphatic rings. The molecule has 1 N–H and O–H groups in total. The Morgan fingerprint density at radius 3 is 2.69 bits per heavy atom. The van der Waals surface area contributed by atoms with Crippen LogP contribution in [0.15, 0.2) is 87.2 Å². The van der Waals surface area contributed by atoms with Gasteiger partial charge in [0.15, 0.2) is 5.16 Å². The van der Waals surface area contributed by atoms with Crippen LogP contribution in [0.25, 0.3) is 16.6 Å². The van der Waals surface area contributed by atoms with Crippen molar-refractivity contribution in [2.75, 3.05) is 5.75 Å². The Morgan fingerprint density at radius 2 is 1.90 bits per heavy atom. The van der Waals surface area contributed by atoms with Gasteiger partial charge in [-0.25, -0.2) is 10.4 Å². The molecule has 0 saturated heterocycles. The van der Waals surface area contributed by atoms with Crippen LogP contribution in [-0.2, 0) is 4.79 Å². The van der Waals surface area contributed by atoms with Gasteiger partial charge in [0.05, 0.1) is 28.6 Å². The number of para-hydroxylation sites is 2. The second-order valence-corrected chi connectivity index (χ2v) is 7.91. The van der Waals surface area contributed by atoms with Gasteiger partial charge in [0, 0.05) is 4.88 Å². The van der Waals surface area contributed by atoms with E-state index in [4.69, 9.17) is 0 Å². The van der Waals surface area contributed by atoms with Crippen molar-refractivity contribution in [3.63, 3.8) is 0 Å². The molecule has 0 atom stereocenters. The van der Waals surface area contributed by atoms with E-state index in [-0.39, 0.29) is 17.2 Å². The number of aromatic nitrogens is 2. The Bertz CT molecular complexity index is 1220. The summed E-state index contributed by atoms with van der Waals surface area (Å²) in [7, 11) is 0. The molecule has 0 radical (unpaired) electrons. The van der Waals surface area contributed by atoms with Gasteiger partial charge in [0.1, 0.15) is 0 Å². The third kappa shape index (κ3) is 4.44. The topological polar surface area (TPSA) is 76.3 Å². The van der Waals surface area contributed by atoms with Gasteiger partial charge in [-0.3, -0.25) is 14.2 Å². The third-order valence-electron chi connectivity index (χ3n) is 4.02. The quantitative estimate of drug-likeness (QED) is 0.223. The van der Waals surface area contributed by atoms with E-state index in [1.807, 2.05) is 60.0 Å². The van der Waals surface area contributed by atoms with Gasteiger partial charge in [-0.05, 0) is 35.7 Å². The van der Waals surface area contributed by atoms with E-state index in [0.717, 1.165) is 4.88 Å². The number of carbonyl (C=O) groups excluding carboxylic acids is 1. The van der Waals surface area contributed by atoms with Gasteiger partial charge in [0.25, 0.3) is 11.5 Å². The van der Waals surface area contributed by atoms with Crippen LogP contribution in [0.4, 0.5) is 0 Å². The van der Waals surface area contributed by atoms with Crippen molar-refractivity contribution in [3.05, 3.63) is 87.3 Å². The highest BCUT2D eigenvalue weighted by Gasteiger charge is 2.14. The molecule has 8 heteroatoms. The maximum Gasteiger partial charge on any atom is 0.266 e. The minimum atomic E-state index is -0.273. The number of thioether (sulfide) groups is 1. The molecule has 144 valence electrons. The predicted octanol–water partition coefficient (Wildman–Crippen LogP) is 3.69. The lowest BCUT2D eigenvalue weighted by Crippen LogP contribution is -2.24. The van der Waals surface area contributed by atoms with Crippen molar-refractivity contribution in [1.82, 2.24) is 15.0 Å². The lowest BCUT2D eigenvalue weighted by molar-refractivity contribution is -0.118. The molecule has 4 aromatic rings. The van der Waals surface area contributed by atoms with E-state index in [1.54, 1.807) is 18.3 Å². The Morgan fingerprint density at radius 1 is 1.10 bits per heavy atom. The van der Waals surface area contributed by atoms with E-state index in [1.165, 1.54) is 27.7 Å². The molecule has 2 aromatic heterocycles. The Kier molecular flexibility index (Phi) is 5.83. The second kappa shape index (κ2) is 8.85. The van der Waals surface area contributed by atoms with Gasteiger partial charge in [-0.15, -0.1) is 11.3 Å². The molecule has 1 amide bonds. The normalized spacial score (nSPS) is 11.2. The number of fused-ring (bicyclic) bond motifs is 1. The molecule has 2 heterocycles. The van der Waals surface area contributed by atoms with Crippen LogP contribution in [0.5, 0.6) is 0 Å². The third-order valence-corrected chi connectivity index (χ3v) is 5.76. The molecule has 4 rings (SSSR count). The average molecular weight is 421 g/mol. The first kappa shape index (κ1) is 19.1. The van der Waals surface area contributed by atoms with E-state index in [9.17, 15) is 9.59 Å². The number of benzene rings is 2. The van der Waals surface area contributed by atoms with Crippen LogP contribution < -0.4 is 11.0 Å². The Balaban J connectivity index is 1.59. The highest BCUT2D eigenvalue weighted by molar-refractivity contribution is 7.99. The van der Waals surface area contributed by atoms with Gasteiger partial charge in [-0.1, -0.05) is 48.2 Å². The summed E-state index contributed by atoms with van der Waals surface area (Å²) in [5.41, 5.74) is 3.64. The summed E-state index contributed by atoms with van der Waals surface area (Å²) in [4.78, 5) is 30.8. The zero-order chi connectivity index (χ0) is 20.1. The molecule has 6 nitrogen and oxygen atoms in total. The summed E-state index contributed by atoms with van der Waals surface area (Å²) in [5.74, 6) is -0.191. The lowest BCUT2D eigenvalue weighted by Gasteiger charge is -2.12. The number of nitrogens with zero attached hydrogens (tertiary/aromatic N) is 3. The Labute approximate surface area is 174 Å². The second-order valence-electron chi connectivity index (χ2n) is 5.98. The van der Waals surface area contributed by atoms with Crippen LogP contribution in [-0.4, -0.2) is 27.4 Å². The number of hydrazone groups is 1.